The monoisotopic (exact) mass is 269 g/mol. The molecule has 1 aromatic carbocycles. The average molecular weight is 269 g/mol. The van der Waals surface area contributed by atoms with Gasteiger partial charge in [-0.1, -0.05) is 6.92 Å². The maximum absolute atomic E-state index is 13.2. The first-order valence-corrected chi connectivity index (χ1v) is 5.95. The van der Waals surface area contributed by atoms with E-state index < -0.39 is 23.5 Å². The lowest BCUT2D eigenvalue weighted by atomic mass is 10.1. The second kappa shape index (κ2) is 5.44. The molecule has 1 atom stereocenters. The van der Waals surface area contributed by atoms with Crippen molar-refractivity contribution < 1.29 is 13.2 Å². The van der Waals surface area contributed by atoms with Gasteiger partial charge in [-0.05, 0) is 24.1 Å². The zero-order valence-electron chi connectivity index (χ0n) is 10.4. The van der Waals surface area contributed by atoms with E-state index in [1.807, 2.05) is 11.5 Å². The fraction of sp³-hybridized carbons (Fsp3) is 0.308. The van der Waals surface area contributed by atoms with E-state index in [4.69, 9.17) is 5.73 Å². The largest absolute Gasteiger partial charge is 0.333 e. The fourth-order valence-corrected chi connectivity index (χ4v) is 1.93. The maximum Gasteiger partial charge on any atom is 0.194 e. The molecule has 102 valence electrons. The lowest BCUT2D eigenvalue weighted by Gasteiger charge is -2.14. The second-order valence-electron chi connectivity index (χ2n) is 4.26. The Morgan fingerprint density at radius 1 is 1.26 bits per heavy atom. The van der Waals surface area contributed by atoms with Crippen LogP contribution in [0.4, 0.5) is 13.2 Å². The molecule has 3 nitrogen and oxygen atoms in total. The third kappa shape index (κ3) is 2.63. The van der Waals surface area contributed by atoms with E-state index >= 15 is 0 Å². The van der Waals surface area contributed by atoms with Crippen LogP contribution in [0.3, 0.4) is 0 Å². The number of nitrogens with zero attached hydrogens (tertiary/aromatic N) is 2. The quantitative estimate of drug-likeness (QED) is 0.867. The van der Waals surface area contributed by atoms with Crippen LogP contribution in [-0.4, -0.2) is 9.55 Å². The number of hydrogen-bond acceptors (Lipinski definition) is 2. The van der Waals surface area contributed by atoms with E-state index in [9.17, 15) is 13.2 Å². The van der Waals surface area contributed by atoms with E-state index in [0.717, 1.165) is 18.6 Å². The Kier molecular flexibility index (Phi) is 3.90. The van der Waals surface area contributed by atoms with Crippen LogP contribution in [0.1, 0.15) is 30.8 Å². The van der Waals surface area contributed by atoms with Gasteiger partial charge in [0.1, 0.15) is 5.82 Å². The van der Waals surface area contributed by atoms with Crippen LogP contribution in [0.2, 0.25) is 0 Å². The lowest BCUT2D eigenvalue weighted by Crippen LogP contribution is -2.18. The Morgan fingerprint density at radius 2 is 1.89 bits per heavy atom. The molecule has 0 bridgehead atoms. The minimum atomic E-state index is -1.49. The van der Waals surface area contributed by atoms with Gasteiger partial charge in [0.2, 0.25) is 0 Å². The van der Waals surface area contributed by atoms with Gasteiger partial charge < -0.3 is 10.3 Å². The third-order valence-electron chi connectivity index (χ3n) is 2.86. The molecule has 19 heavy (non-hydrogen) atoms. The van der Waals surface area contributed by atoms with Gasteiger partial charge in [0.15, 0.2) is 17.5 Å². The van der Waals surface area contributed by atoms with Crippen molar-refractivity contribution in [1.82, 2.24) is 9.55 Å². The van der Waals surface area contributed by atoms with E-state index in [-0.39, 0.29) is 5.56 Å². The highest BCUT2D eigenvalue weighted by Crippen LogP contribution is 2.22. The van der Waals surface area contributed by atoms with Gasteiger partial charge in [-0.15, -0.1) is 0 Å². The zero-order chi connectivity index (χ0) is 14.0. The van der Waals surface area contributed by atoms with Crippen molar-refractivity contribution in [1.29, 1.82) is 0 Å². The van der Waals surface area contributed by atoms with E-state index in [1.54, 1.807) is 12.4 Å². The van der Waals surface area contributed by atoms with Crippen LogP contribution >= 0.6 is 0 Å². The topological polar surface area (TPSA) is 43.8 Å². The summed E-state index contributed by atoms with van der Waals surface area (Å²) in [5.74, 6) is -3.50. The highest BCUT2D eigenvalue weighted by Gasteiger charge is 2.19. The van der Waals surface area contributed by atoms with Crippen molar-refractivity contribution in [2.45, 2.75) is 25.9 Å². The van der Waals surface area contributed by atoms with Crippen molar-refractivity contribution in [3.05, 3.63) is 53.4 Å². The van der Waals surface area contributed by atoms with Crippen LogP contribution in [-0.2, 0) is 6.54 Å². The molecule has 0 aliphatic rings. The number of nitrogens with two attached hydrogens (primary N) is 1. The van der Waals surface area contributed by atoms with Gasteiger partial charge >= 0.3 is 0 Å². The average Bonchev–Trinajstić information content (AvgIpc) is 2.83. The fourth-order valence-electron chi connectivity index (χ4n) is 1.93. The summed E-state index contributed by atoms with van der Waals surface area (Å²) >= 11 is 0. The molecule has 2 aromatic rings. The first kappa shape index (κ1) is 13.6. The number of rotatable bonds is 4. The van der Waals surface area contributed by atoms with Gasteiger partial charge in [0, 0.05) is 18.9 Å². The van der Waals surface area contributed by atoms with Crippen LogP contribution in [0.15, 0.2) is 24.5 Å². The van der Waals surface area contributed by atoms with Gasteiger partial charge in [-0.3, -0.25) is 0 Å². The second-order valence-corrected chi connectivity index (χ2v) is 4.26. The lowest BCUT2D eigenvalue weighted by molar-refractivity contribution is 0.444. The molecule has 1 heterocycles. The Labute approximate surface area is 108 Å². The summed E-state index contributed by atoms with van der Waals surface area (Å²) in [5.41, 5.74) is 6.09. The number of aryl methyl sites for hydroxylation is 1. The van der Waals surface area contributed by atoms with Crippen molar-refractivity contribution in [2.75, 3.05) is 0 Å². The maximum atomic E-state index is 13.2. The van der Waals surface area contributed by atoms with Crippen molar-refractivity contribution in [2.24, 2.45) is 5.73 Å². The smallest absolute Gasteiger partial charge is 0.194 e. The summed E-state index contributed by atoms with van der Waals surface area (Å²) in [4.78, 5) is 4.09. The molecular weight excluding hydrogens is 255 g/mol. The highest BCUT2D eigenvalue weighted by atomic mass is 19.2. The molecule has 1 unspecified atom stereocenters. The Morgan fingerprint density at radius 3 is 2.47 bits per heavy atom. The molecule has 2 rings (SSSR count). The third-order valence-corrected chi connectivity index (χ3v) is 2.86. The molecule has 6 heteroatoms. The molecule has 2 N–H and O–H groups in total. The first-order chi connectivity index (χ1) is 9.04. The zero-order valence-corrected chi connectivity index (χ0v) is 10.4. The molecule has 0 fully saturated rings. The van der Waals surface area contributed by atoms with Crippen molar-refractivity contribution >= 4 is 0 Å². The standard InChI is InChI=1S/C13H14F3N3/c1-2-4-19-5-3-18-13(19)12(17)8-6-9(14)11(16)10(15)7-8/h3,5-7,12H,2,4,17H2,1H3. The van der Waals surface area contributed by atoms with Crippen molar-refractivity contribution in [3.63, 3.8) is 0 Å². The van der Waals surface area contributed by atoms with Crippen LogP contribution in [0.25, 0.3) is 0 Å². The van der Waals surface area contributed by atoms with Crippen LogP contribution < -0.4 is 5.73 Å². The number of aromatic nitrogens is 2. The van der Waals surface area contributed by atoms with E-state index in [1.165, 1.54) is 0 Å². The summed E-state index contributed by atoms with van der Waals surface area (Å²) in [6, 6.07) is 0.994. The minimum Gasteiger partial charge on any atom is -0.333 e. The van der Waals surface area contributed by atoms with E-state index in [0.29, 0.717) is 12.4 Å². The summed E-state index contributed by atoms with van der Waals surface area (Å²) in [6.45, 7) is 2.70. The summed E-state index contributed by atoms with van der Waals surface area (Å²) in [7, 11) is 0. The molecule has 0 amide bonds. The first-order valence-electron chi connectivity index (χ1n) is 5.95. The summed E-state index contributed by atoms with van der Waals surface area (Å²) in [6.07, 6.45) is 4.19. The Balaban J connectivity index is 2.38. The molecule has 0 saturated heterocycles. The van der Waals surface area contributed by atoms with Gasteiger partial charge in [-0.2, -0.15) is 0 Å². The minimum absolute atomic E-state index is 0.153. The Bertz CT molecular complexity index is 557. The van der Waals surface area contributed by atoms with Gasteiger partial charge in [0.05, 0.1) is 6.04 Å². The number of imidazole rings is 1. The van der Waals surface area contributed by atoms with Crippen LogP contribution in [0.5, 0.6) is 0 Å². The predicted octanol–water partition coefficient (Wildman–Crippen LogP) is 2.76. The van der Waals surface area contributed by atoms with Gasteiger partial charge in [0.25, 0.3) is 0 Å². The molecule has 0 aliphatic carbocycles. The van der Waals surface area contributed by atoms with Crippen LogP contribution in [0, 0.1) is 17.5 Å². The Hall–Kier alpha value is -1.82. The number of benzene rings is 1. The molecule has 0 aliphatic heterocycles. The SMILES string of the molecule is CCCn1ccnc1C(N)c1cc(F)c(F)c(F)c1. The molecular formula is C13H14F3N3. The van der Waals surface area contributed by atoms with Crippen molar-refractivity contribution in [3.8, 4) is 0 Å². The predicted molar refractivity (Wildman–Crippen MR) is 64.9 cm³/mol. The molecule has 1 aromatic heterocycles. The number of halogens is 3. The molecule has 0 spiro atoms. The van der Waals surface area contributed by atoms with E-state index in [2.05, 4.69) is 4.98 Å². The highest BCUT2D eigenvalue weighted by molar-refractivity contribution is 5.27. The summed E-state index contributed by atoms with van der Waals surface area (Å²) in [5, 5.41) is 0. The normalized spacial score (nSPS) is 12.7. The van der Waals surface area contributed by atoms with Gasteiger partial charge in [-0.25, -0.2) is 18.2 Å². The summed E-state index contributed by atoms with van der Waals surface area (Å²) < 4.78 is 41.1. The molecule has 0 radical (unpaired) electrons. The molecule has 0 saturated carbocycles. The number of hydrogen-bond donors (Lipinski definition) is 1.